The van der Waals surface area contributed by atoms with Crippen molar-refractivity contribution in [2.45, 2.75) is 6.54 Å². The maximum absolute atomic E-state index is 4.07. The molecular weight excluding hydrogens is 140 g/mol. The molecule has 11 heavy (non-hydrogen) atoms. The van der Waals surface area contributed by atoms with Gasteiger partial charge < -0.3 is 0 Å². The molecule has 0 bridgehead atoms. The summed E-state index contributed by atoms with van der Waals surface area (Å²) in [7, 11) is 3.95. The molecular formula is C7H14N4. The average molecular weight is 154 g/mol. The second-order valence-electron chi connectivity index (χ2n) is 2.57. The molecule has 62 valence electrons. The molecule has 0 atom stereocenters. The van der Waals surface area contributed by atoms with Crippen LogP contribution in [0.15, 0.2) is 18.5 Å². The summed E-state index contributed by atoms with van der Waals surface area (Å²) in [4.78, 5) is 0. The molecule has 0 aromatic carbocycles. The second kappa shape index (κ2) is 4.10. The zero-order valence-corrected chi connectivity index (χ0v) is 6.99. The van der Waals surface area contributed by atoms with E-state index >= 15 is 0 Å². The molecule has 1 N–H and O–H groups in total. The van der Waals surface area contributed by atoms with Crippen molar-refractivity contribution in [3.8, 4) is 0 Å². The van der Waals surface area contributed by atoms with Crippen molar-refractivity contribution in [2.75, 3.05) is 20.6 Å². The molecule has 1 aromatic heterocycles. The van der Waals surface area contributed by atoms with Crippen LogP contribution in [0.25, 0.3) is 0 Å². The van der Waals surface area contributed by atoms with E-state index in [1.165, 1.54) is 0 Å². The van der Waals surface area contributed by atoms with Gasteiger partial charge in [0.1, 0.15) is 0 Å². The summed E-state index contributed by atoms with van der Waals surface area (Å²) in [6, 6.07) is 1.93. The number of hydrogen-bond donors (Lipinski definition) is 1. The van der Waals surface area contributed by atoms with Crippen molar-refractivity contribution in [3.05, 3.63) is 18.5 Å². The maximum atomic E-state index is 4.07. The van der Waals surface area contributed by atoms with Gasteiger partial charge in [-0.1, -0.05) is 0 Å². The molecule has 0 radical (unpaired) electrons. The van der Waals surface area contributed by atoms with E-state index in [2.05, 4.69) is 10.5 Å². The SMILES string of the molecule is CN(C)NCCn1cccn1. The lowest BCUT2D eigenvalue weighted by atomic mass is 10.6. The van der Waals surface area contributed by atoms with E-state index in [4.69, 9.17) is 0 Å². The first-order valence-electron chi connectivity index (χ1n) is 3.67. The number of rotatable bonds is 4. The lowest BCUT2D eigenvalue weighted by Crippen LogP contribution is -2.33. The molecule has 1 aromatic rings. The molecule has 1 rings (SSSR count). The molecule has 0 aliphatic rings. The fraction of sp³-hybridized carbons (Fsp3) is 0.571. The molecule has 0 aliphatic carbocycles. The van der Waals surface area contributed by atoms with Crippen LogP contribution in [0.5, 0.6) is 0 Å². The summed E-state index contributed by atoms with van der Waals surface area (Å²) in [6.45, 7) is 1.82. The zero-order chi connectivity index (χ0) is 8.10. The Hall–Kier alpha value is -0.870. The highest BCUT2D eigenvalue weighted by Gasteiger charge is 1.89. The van der Waals surface area contributed by atoms with Crippen LogP contribution in [-0.4, -0.2) is 35.4 Å². The molecule has 0 saturated heterocycles. The minimum atomic E-state index is 0.908. The highest BCUT2D eigenvalue weighted by molar-refractivity contribution is 4.77. The smallest absolute Gasteiger partial charge is 0.0548 e. The third-order valence-electron chi connectivity index (χ3n) is 1.33. The topological polar surface area (TPSA) is 33.1 Å². The fourth-order valence-electron chi connectivity index (χ4n) is 0.821. The second-order valence-corrected chi connectivity index (χ2v) is 2.57. The van der Waals surface area contributed by atoms with Crippen LogP contribution in [0.2, 0.25) is 0 Å². The van der Waals surface area contributed by atoms with Gasteiger partial charge in [-0.25, -0.2) is 0 Å². The van der Waals surface area contributed by atoms with E-state index < -0.39 is 0 Å². The minimum Gasteiger partial charge on any atom is -0.271 e. The number of nitrogens with zero attached hydrogens (tertiary/aromatic N) is 3. The van der Waals surface area contributed by atoms with Gasteiger partial charge in [0, 0.05) is 33.0 Å². The van der Waals surface area contributed by atoms with Crippen LogP contribution in [0.1, 0.15) is 0 Å². The Bertz CT molecular complexity index is 180. The summed E-state index contributed by atoms with van der Waals surface area (Å²) in [6.07, 6.45) is 3.74. The third kappa shape index (κ3) is 3.15. The van der Waals surface area contributed by atoms with E-state index in [-0.39, 0.29) is 0 Å². The number of aromatic nitrogens is 2. The Kier molecular flexibility index (Phi) is 3.07. The van der Waals surface area contributed by atoms with E-state index in [9.17, 15) is 0 Å². The molecule has 4 heteroatoms. The van der Waals surface area contributed by atoms with Gasteiger partial charge in [-0.15, -0.1) is 0 Å². The zero-order valence-electron chi connectivity index (χ0n) is 6.99. The first-order chi connectivity index (χ1) is 5.29. The Labute approximate surface area is 66.8 Å². The lowest BCUT2D eigenvalue weighted by molar-refractivity contribution is 0.281. The standard InChI is InChI=1S/C7H14N4/c1-10(2)8-5-7-11-6-3-4-9-11/h3-4,6,8H,5,7H2,1-2H3. The highest BCUT2D eigenvalue weighted by atomic mass is 15.5. The fourth-order valence-corrected chi connectivity index (χ4v) is 0.821. The van der Waals surface area contributed by atoms with E-state index in [0.29, 0.717) is 0 Å². The van der Waals surface area contributed by atoms with Crippen LogP contribution in [0.4, 0.5) is 0 Å². The molecule has 0 saturated carbocycles. The average Bonchev–Trinajstić information content (AvgIpc) is 2.39. The summed E-state index contributed by atoms with van der Waals surface area (Å²) < 4.78 is 1.90. The number of hydrogen-bond acceptors (Lipinski definition) is 3. The number of hydrazine groups is 1. The quantitative estimate of drug-likeness (QED) is 0.617. The Balaban J connectivity index is 2.14. The van der Waals surface area contributed by atoms with Gasteiger partial charge in [-0.3, -0.25) is 15.1 Å². The van der Waals surface area contributed by atoms with Gasteiger partial charge in [0.25, 0.3) is 0 Å². The predicted molar refractivity (Wildman–Crippen MR) is 43.9 cm³/mol. The summed E-state index contributed by atoms with van der Waals surface area (Å²) in [5, 5.41) is 6.01. The summed E-state index contributed by atoms with van der Waals surface area (Å²) >= 11 is 0. The van der Waals surface area contributed by atoms with Crippen molar-refractivity contribution in [1.82, 2.24) is 20.2 Å². The molecule has 0 unspecified atom stereocenters. The van der Waals surface area contributed by atoms with Crippen LogP contribution in [0, 0.1) is 0 Å². The highest BCUT2D eigenvalue weighted by Crippen LogP contribution is 1.81. The van der Waals surface area contributed by atoms with E-state index in [0.717, 1.165) is 13.1 Å². The van der Waals surface area contributed by atoms with Crippen LogP contribution in [-0.2, 0) is 6.54 Å². The van der Waals surface area contributed by atoms with Crippen LogP contribution >= 0.6 is 0 Å². The predicted octanol–water partition coefficient (Wildman–Crippen LogP) is -0.0507. The van der Waals surface area contributed by atoms with Gasteiger partial charge in [0.2, 0.25) is 0 Å². The molecule has 0 spiro atoms. The monoisotopic (exact) mass is 154 g/mol. The molecule has 0 fully saturated rings. The van der Waals surface area contributed by atoms with Gasteiger partial charge in [0.05, 0.1) is 6.54 Å². The van der Waals surface area contributed by atoms with Crippen molar-refractivity contribution >= 4 is 0 Å². The Morgan fingerprint density at radius 1 is 1.55 bits per heavy atom. The first kappa shape index (κ1) is 8.23. The van der Waals surface area contributed by atoms with Gasteiger partial charge in [-0.2, -0.15) is 5.10 Å². The number of nitrogens with one attached hydrogen (secondary N) is 1. The summed E-state index contributed by atoms with van der Waals surface area (Å²) in [5.41, 5.74) is 3.16. The van der Waals surface area contributed by atoms with Gasteiger partial charge >= 0.3 is 0 Å². The summed E-state index contributed by atoms with van der Waals surface area (Å²) in [5.74, 6) is 0. The lowest BCUT2D eigenvalue weighted by Gasteiger charge is -2.11. The maximum Gasteiger partial charge on any atom is 0.0548 e. The van der Waals surface area contributed by atoms with Crippen molar-refractivity contribution in [2.24, 2.45) is 0 Å². The van der Waals surface area contributed by atoms with Crippen LogP contribution in [0.3, 0.4) is 0 Å². The molecule has 0 amide bonds. The molecule has 0 aliphatic heterocycles. The minimum absolute atomic E-state index is 0.908. The Morgan fingerprint density at radius 3 is 2.91 bits per heavy atom. The third-order valence-corrected chi connectivity index (χ3v) is 1.33. The van der Waals surface area contributed by atoms with E-state index in [1.54, 1.807) is 6.20 Å². The largest absolute Gasteiger partial charge is 0.271 e. The Morgan fingerprint density at radius 2 is 2.36 bits per heavy atom. The van der Waals surface area contributed by atoms with Crippen molar-refractivity contribution in [1.29, 1.82) is 0 Å². The normalized spacial score (nSPS) is 10.8. The molecule has 4 nitrogen and oxygen atoms in total. The van der Waals surface area contributed by atoms with Crippen molar-refractivity contribution < 1.29 is 0 Å². The van der Waals surface area contributed by atoms with Gasteiger partial charge in [-0.05, 0) is 6.07 Å². The molecule has 1 heterocycles. The van der Waals surface area contributed by atoms with Gasteiger partial charge in [0.15, 0.2) is 0 Å². The van der Waals surface area contributed by atoms with E-state index in [1.807, 2.05) is 36.0 Å². The van der Waals surface area contributed by atoms with Crippen molar-refractivity contribution in [3.63, 3.8) is 0 Å². The first-order valence-corrected chi connectivity index (χ1v) is 3.67. The van der Waals surface area contributed by atoms with Crippen LogP contribution < -0.4 is 5.43 Å².